The smallest absolute Gasteiger partial charge is 0.256 e. The molecule has 2 saturated heterocycles. The highest BCUT2D eigenvalue weighted by molar-refractivity contribution is 7.20. The van der Waals surface area contributed by atoms with E-state index in [0.29, 0.717) is 16.2 Å². The highest BCUT2D eigenvalue weighted by atomic mass is 35.6. The summed E-state index contributed by atoms with van der Waals surface area (Å²) in [5.41, 5.74) is 1.96. The Morgan fingerprint density at radius 1 is 0.681 bits per heavy atom. The summed E-state index contributed by atoms with van der Waals surface area (Å²) in [6, 6.07) is 17.3. The summed E-state index contributed by atoms with van der Waals surface area (Å²) in [6.07, 6.45) is -5.36. The van der Waals surface area contributed by atoms with Crippen LogP contribution < -0.4 is 10.6 Å². The lowest BCUT2D eigenvalue weighted by Gasteiger charge is -2.37. The fourth-order valence-electron chi connectivity index (χ4n) is 6.45. The van der Waals surface area contributed by atoms with E-state index in [1.165, 1.54) is 34.4 Å². The molecule has 372 valence electrons. The van der Waals surface area contributed by atoms with Gasteiger partial charge in [-0.1, -0.05) is 91.0 Å². The summed E-state index contributed by atoms with van der Waals surface area (Å²) in [5, 5.41) is 35.2. The number of rotatable bonds is 10. The number of halogens is 3. The molecule has 5 N–H and O–H groups in total. The summed E-state index contributed by atoms with van der Waals surface area (Å²) in [7, 11) is -3.49. The zero-order chi connectivity index (χ0) is 50.6. The molecule has 0 bridgehead atoms. The predicted octanol–water partition coefficient (Wildman–Crippen LogP) is 7.59. The number of nitrogens with one attached hydrogen (secondary N) is 2. The van der Waals surface area contributed by atoms with Gasteiger partial charge in [-0.25, -0.2) is 38.7 Å². The lowest BCUT2D eigenvalue weighted by molar-refractivity contribution is -0.0459. The molecule has 2 aromatic carbocycles. The van der Waals surface area contributed by atoms with Crippen molar-refractivity contribution in [3.8, 4) is 0 Å². The molecule has 18 nitrogen and oxygen atoms in total. The number of imidazole rings is 2. The number of nitrogens with zero attached hydrogens (tertiary/aromatic N) is 8. The number of anilines is 2. The number of fused-ring (bicyclic) bond motifs is 2. The second-order valence-electron chi connectivity index (χ2n) is 19.7. The van der Waals surface area contributed by atoms with Gasteiger partial charge in [0.25, 0.3) is 11.8 Å². The minimum absolute atomic E-state index is 0.0247. The van der Waals surface area contributed by atoms with Crippen LogP contribution >= 0.6 is 11.1 Å². The number of aliphatic hydroxyl groups excluding tert-OH is 3. The zero-order valence-corrected chi connectivity index (χ0v) is 43.0. The minimum atomic E-state index is -2.10. The number of hydrogen-bond acceptors (Lipinski definition) is 14. The molecule has 8 rings (SSSR count). The van der Waals surface area contributed by atoms with Crippen molar-refractivity contribution in [3.05, 3.63) is 97.1 Å². The summed E-state index contributed by atoms with van der Waals surface area (Å²) < 4.78 is 49.6. The van der Waals surface area contributed by atoms with Crippen LogP contribution in [0.4, 0.5) is 20.4 Å². The molecule has 69 heavy (non-hydrogen) atoms. The Hall–Kier alpha value is -5.18. The Balaban J connectivity index is 0.000000199. The second kappa shape index (κ2) is 21.4. The average molecular weight is 1010 g/mol. The highest BCUT2D eigenvalue weighted by Gasteiger charge is 2.48. The summed E-state index contributed by atoms with van der Waals surface area (Å²) in [4.78, 5) is 49.8. The standard InChI is InChI=1S/C23H30FN5O4Si.C17H16FN5O4.C6H15ClSi/c1-23(2,3)34(4,5)32-11-15-18(30)16(24)22(33-15)29-13-27-17-19(25-12-26-20(17)29)28-21(31)14-9-7-6-8-10-14;18-11-13(25)10(6-24)27-17(11)23-8-21-12-14(19-7-20-15(12)23)22-16(26)9-4-2-1-3-5-9;1-6(2,3)8(4,5)7/h6-10,12-13,15-16,18,22,30H,11H2,1-5H3,(H,25,26,28,31);1-5,7-8,10-11,13,17,24-25H,6H2,(H,19,20,22,26);1-5H3/t15-,16-,18-,22-;10-,11-,13-,17-;/m11./s1. The van der Waals surface area contributed by atoms with Crippen molar-refractivity contribution in [2.75, 3.05) is 23.8 Å². The fraction of sp³-hybridized carbons (Fsp3) is 0.478. The Morgan fingerprint density at radius 2 is 1.07 bits per heavy atom. The van der Waals surface area contributed by atoms with E-state index in [1.54, 1.807) is 54.6 Å². The van der Waals surface area contributed by atoms with Crippen LogP contribution in [0.15, 0.2) is 86.0 Å². The second-order valence-corrected chi connectivity index (χ2v) is 31.8. The molecule has 2 aliphatic rings. The number of benzene rings is 2. The molecule has 0 spiro atoms. The van der Waals surface area contributed by atoms with Gasteiger partial charge in [0, 0.05) is 11.1 Å². The van der Waals surface area contributed by atoms with E-state index < -0.39 is 71.5 Å². The van der Waals surface area contributed by atoms with E-state index in [0.717, 1.165) is 0 Å². The summed E-state index contributed by atoms with van der Waals surface area (Å²) >= 11 is 6.15. The molecule has 0 aliphatic carbocycles. The van der Waals surface area contributed by atoms with E-state index in [-0.39, 0.29) is 57.4 Å². The van der Waals surface area contributed by atoms with E-state index in [4.69, 9.17) is 25.0 Å². The minimum Gasteiger partial charge on any atom is -0.414 e. The average Bonchev–Trinajstić information content (AvgIpc) is 4.07. The largest absolute Gasteiger partial charge is 0.414 e. The van der Waals surface area contributed by atoms with Crippen molar-refractivity contribution in [1.82, 2.24) is 39.0 Å². The van der Waals surface area contributed by atoms with Gasteiger partial charge in [0.1, 0.15) is 37.1 Å². The lowest BCUT2D eigenvalue weighted by Crippen LogP contribution is -2.44. The first-order valence-corrected chi connectivity index (χ1v) is 29.2. The van der Waals surface area contributed by atoms with Crippen molar-refractivity contribution in [2.45, 2.75) is 127 Å². The third-order valence-corrected chi connectivity index (χ3v) is 22.5. The predicted molar refractivity (Wildman–Crippen MR) is 262 cm³/mol. The monoisotopic (exact) mass is 1010 g/mol. The van der Waals surface area contributed by atoms with Crippen molar-refractivity contribution in [3.63, 3.8) is 0 Å². The van der Waals surface area contributed by atoms with Crippen LogP contribution in [0.5, 0.6) is 0 Å². The number of hydrogen-bond donors (Lipinski definition) is 5. The van der Waals surface area contributed by atoms with Crippen LogP contribution in [0.2, 0.25) is 36.3 Å². The molecule has 0 saturated carbocycles. The third kappa shape index (κ3) is 12.1. The molecule has 6 aromatic rings. The fourth-order valence-corrected chi connectivity index (χ4v) is 7.46. The summed E-state index contributed by atoms with van der Waals surface area (Å²) in [5.74, 6) is -0.361. The quantitative estimate of drug-likeness (QED) is 0.0657. The van der Waals surface area contributed by atoms with E-state index in [2.05, 4.69) is 108 Å². The van der Waals surface area contributed by atoms with Gasteiger partial charge >= 0.3 is 0 Å². The molecule has 6 heterocycles. The number of alkyl halides is 2. The van der Waals surface area contributed by atoms with Gasteiger partial charge in [-0.2, -0.15) is 11.1 Å². The number of amides is 2. The van der Waals surface area contributed by atoms with E-state index in [1.807, 2.05) is 6.07 Å². The summed E-state index contributed by atoms with van der Waals surface area (Å²) in [6.45, 7) is 21.0. The molecule has 0 unspecified atom stereocenters. The van der Waals surface area contributed by atoms with Crippen molar-refractivity contribution in [2.24, 2.45) is 0 Å². The SMILES string of the molecule is CC(C)(C)[Si](C)(C)Cl.CC(C)(C)[Si](C)(C)OC[C@H]1O[C@@H](n2cnc3c(NC(=O)c4ccccc4)ncnc32)[C@H](F)[C@@H]1O.O=C(Nc1ncnc2c1ncn2[C@@H]1O[C@H](CO)[C@@H](O)[C@H]1F)c1ccccc1. The number of aliphatic hydroxyl groups is 3. The molecule has 2 fully saturated rings. The first-order valence-electron chi connectivity index (χ1n) is 22.3. The van der Waals surface area contributed by atoms with Crippen molar-refractivity contribution in [1.29, 1.82) is 0 Å². The van der Waals surface area contributed by atoms with Crippen molar-refractivity contribution < 1.29 is 47.6 Å². The maximum Gasteiger partial charge on any atom is 0.256 e. The van der Waals surface area contributed by atoms with Gasteiger partial charge in [0.15, 0.2) is 74.5 Å². The highest BCUT2D eigenvalue weighted by Crippen LogP contribution is 2.40. The van der Waals surface area contributed by atoms with Crippen LogP contribution in [0.1, 0.15) is 74.7 Å². The van der Waals surface area contributed by atoms with Crippen LogP contribution in [-0.4, -0.2) is 132 Å². The van der Waals surface area contributed by atoms with Crippen LogP contribution in [-0.2, 0) is 13.9 Å². The van der Waals surface area contributed by atoms with E-state index in [9.17, 15) is 29.3 Å². The number of carbonyl (C=O) groups is 2. The third-order valence-electron chi connectivity index (χ3n) is 12.8. The lowest BCUT2D eigenvalue weighted by atomic mass is 10.1. The topological polar surface area (TPSA) is 234 Å². The normalized spacial score (nSPS) is 23.0. The van der Waals surface area contributed by atoms with Gasteiger partial charge < -0.3 is 39.9 Å². The molecular formula is C46H61ClF2N10O8Si2. The van der Waals surface area contributed by atoms with E-state index >= 15 is 4.39 Å². The Labute approximate surface area is 405 Å². The molecule has 8 atom stereocenters. The van der Waals surface area contributed by atoms with Gasteiger partial charge in [0.05, 0.1) is 25.9 Å². The van der Waals surface area contributed by atoms with Gasteiger partial charge in [-0.05, 0) is 47.4 Å². The molecule has 2 amide bonds. The molecule has 23 heteroatoms. The Bertz CT molecular complexity index is 2670. The first-order chi connectivity index (χ1) is 32.3. The molecule has 4 aromatic heterocycles. The Morgan fingerprint density at radius 3 is 1.43 bits per heavy atom. The number of ether oxygens (including phenoxy) is 2. The molecular weight excluding hydrogens is 950 g/mol. The Kier molecular flexibility index (Phi) is 16.5. The van der Waals surface area contributed by atoms with Gasteiger partial charge in [-0.3, -0.25) is 18.7 Å². The number of carbonyl (C=O) groups excluding carboxylic acids is 2. The maximum absolute atomic E-state index is 15.1. The first kappa shape index (κ1) is 53.2. The van der Waals surface area contributed by atoms with Gasteiger partial charge in [-0.15, -0.1) is 0 Å². The zero-order valence-electron chi connectivity index (χ0n) is 40.2. The van der Waals surface area contributed by atoms with Crippen LogP contribution in [0, 0.1) is 0 Å². The number of aromatic nitrogens is 8. The van der Waals surface area contributed by atoms with Crippen LogP contribution in [0.3, 0.4) is 0 Å². The van der Waals surface area contributed by atoms with Crippen LogP contribution in [0.25, 0.3) is 22.3 Å². The maximum atomic E-state index is 15.1. The molecule has 2 aliphatic heterocycles. The molecule has 0 radical (unpaired) electrons. The van der Waals surface area contributed by atoms with Crippen molar-refractivity contribution >= 4 is 72.6 Å². The van der Waals surface area contributed by atoms with Gasteiger partial charge in [0.2, 0.25) is 0 Å².